The minimum Gasteiger partial charge on any atom is -0.497 e. The van der Waals surface area contributed by atoms with E-state index in [4.69, 9.17) is 4.74 Å². The maximum absolute atomic E-state index is 13.1. The van der Waals surface area contributed by atoms with Gasteiger partial charge in [-0.25, -0.2) is 4.79 Å². The van der Waals surface area contributed by atoms with Gasteiger partial charge in [-0.3, -0.25) is 25.3 Å². The predicted molar refractivity (Wildman–Crippen MR) is 126 cm³/mol. The van der Waals surface area contributed by atoms with Crippen LogP contribution in [0.1, 0.15) is 22.8 Å². The van der Waals surface area contributed by atoms with E-state index in [1.165, 1.54) is 0 Å². The Bertz CT molecular complexity index is 1020. The van der Waals surface area contributed by atoms with E-state index < -0.39 is 18.2 Å². The van der Waals surface area contributed by atoms with Crippen molar-refractivity contribution in [2.75, 3.05) is 38.6 Å². The summed E-state index contributed by atoms with van der Waals surface area (Å²) >= 11 is 0. The first-order valence-electron chi connectivity index (χ1n) is 11.2. The third kappa shape index (κ3) is 7.12. The molecule has 35 heavy (non-hydrogen) atoms. The number of anilines is 1. The molecule has 2 aromatic rings. The van der Waals surface area contributed by atoms with Gasteiger partial charge in [0.1, 0.15) is 5.75 Å². The summed E-state index contributed by atoms with van der Waals surface area (Å²) in [5.41, 5.74) is 5.40. The van der Waals surface area contributed by atoms with Crippen LogP contribution in [-0.4, -0.2) is 73.4 Å². The number of nitrogens with one attached hydrogen (secondary N) is 3. The Hall–Kier alpha value is -3.73. The molecule has 1 aliphatic heterocycles. The summed E-state index contributed by atoms with van der Waals surface area (Å²) in [5.74, 6) is -1.59. The van der Waals surface area contributed by atoms with Crippen LogP contribution >= 0.6 is 0 Å². The highest BCUT2D eigenvalue weighted by molar-refractivity contribution is 5.95. The molecule has 11 heteroatoms. The molecule has 0 spiro atoms. The second-order valence-electron chi connectivity index (χ2n) is 8.04. The minimum absolute atomic E-state index is 0.0908. The number of hydrogen-bond acceptors (Lipinski definition) is 5. The molecule has 9 nitrogen and oxygen atoms in total. The van der Waals surface area contributed by atoms with Gasteiger partial charge < -0.3 is 15.0 Å². The first kappa shape index (κ1) is 25.9. The SMILES string of the molecule is CCN1CCN(C(=O)Nc2ccc(OC)cc2)C(Cc2ccc(C(=O)NNC(=O)C(F)F)cc2)C1. The number of benzene rings is 2. The van der Waals surface area contributed by atoms with Crippen molar-refractivity contribution in [1.29, 1.82) is 0 Å². The maximum Gasteiger partial charge on any atom is 0.322 e. The van der Waals surface area contributed by atoms with Gasteiger partial charge in [0.05, 0.1) is 13.2 Å². The summed E-state index contributed by atoms with van der Waals surface area (Å²) in [6, 6.07) is 13.4. The molecule has 1 unspecified atom stereocenters. The Kier molecular flexibility index (Phi) is 8.96. The van der Waals surface area contributed by atoms with E-state index in [-0.39, 0.29) is 17.6 Å². The Morgan fingerprint density at radius 2 is 1.71 bits per heavy atom. The molecular weight excluding hydrogens is 460 g/mol. The van der Waals surface area contributed by atoms with E-state index >= 15 is 0 Å². The summed E-state index contributed by atoms with van der Waals surface area (Å²) in [6.45, 7) is 4.99. The van der Waals surface area contributed by atoms with Crippen molar-refractivity contribution in [3.8, 4) is 5.75 Å². The number of carbonyl (C=O) groups is 3. The third-order valence-electron chi connectivity index (χ3n) is 5.80. The fraction of sp³-hybridized carbons (Fsp3) is 0.375. The van der Waals surface area contributed by atoms with E-state index in [2.05, 4.69) is 17.1 Å². The van der Waals surface area contributed by atoms with Crippen molar-refractivity contribution < 1.29 is 27.9 Å². The van der Waals surface area contributed by atoms with Gasteiger partial charge in [-0.05, 0) is 54.9 Å². The number of likely N-dealkylation sites (N-methyl/N-ethyl adjacent to an activating group) is 1. The number of amides is 4. The second-order valence-corrected chi connectivity index (χ2v) is 8.04. The smallest absolute Gasteiger partial charge is 0.322 e. The molecule has 1 atom stereocenters. The van der Waals surface area contributed by atoms with E-state index in [1.54, 1.807) is 61.1 Å². The van der Waals surface area contributed by atoms with Crippen LogP contribution in [-0.2, 0) is 11.2 Å². The number of nitrogens with zero attached hydrogens (tertiary/aromatic N) is 2. The second kappa shape index (κ2) is 12.1. The number of hydrogen-bond donors (Lipinski definition) is 3. The Morgan fingerprint density at radius 3 is 2.31 bits per heavy atom. The molecule has 4 amide bonds. The number of carbonyl (C=O) groups excluding carboxylic acids is 3. The molecule has 1 aliphatic rings. The zero-order chi connectivity index (χ0) is 25.4. The van der Waals surface area contributed by atoms with Crippen LogP contribution in [0, 0.1) is 0 Å². The van der Waals surface area contributed by atoms with E-state index in [9.17, 15) is 23.2 Å². The van der Waals surface area contributed by atoms with Gasteiger partial charge >= 0.3 is 18.4 Å². The zero-order valence-corrected chi connectivity index (χ0v) is 19.6. The standard InChI is InChI=1S/C24H29F2N5O4/c1-3-30-12-13-31(24(34)27-18-8-10-20(35-2)11-9-18)19(15-30)14-16-4-6-17(7-5-16)22(32)28-29-23(33)21(25)26/h4-11,19,21H,3,12-15H2,1-2H3,(H,27,34)(H,28,32)(H,29,33). The van der Waals surface area contributed by atoms with Gasteiger partial charge in [0.25, 0.3) is 5.91 Å². The fourth-order valence-corrected chi connectivity index (χ4v) is 3.83. The van der Waals surface area contributed by atoms with Gasteiger partial charge in [-0.1, -0.05) is 19.1 Å². The van der Waals surface area contributed by atoms with Crippen molar-refractivity contribution in [2.45, 2.75) is 25.8 Å². The molecule has 0 radical (unpaired) electrons. The number of hydrazine groups is 1. The maximum atomic E-state index is 13.1. The lowest BCUT2D eigenvalue weighted by Crippen LogP contribution is -2.56. The molecular formula is C24H29F2N5O4. The monoisotopic (exact) mass is 489 g/mol. The molecule has 2 aromatic carbocycles. The van der Waals surface area contributed by atoms with Gasteiger partial charge in [-0.2, -0.15) is 8.78 Å². The van der Waals surface area contributed by atoms with Crippen molar-refractivity contribution in [3.63, 3.8) is 0 Å². The number of alkyl halides is 2. The van der Waals surface area contributed by atoms with Gasteiger partial charge in [0.15, 0.2) is 0 Å². The molecule has 3 N–H and O–H groups in total. The lowest BCUT2D eigenvalue weighted by molar-refractivity contribution is -0.132. The van der Waals surface area contributed by atoms with Crippen LogP contribution in [0.5, 0.6) is 5.75 Å². The lowest BCUT2D eigenvalue weighted by atomic mass is 10.0. The molecule has 0 bridgehead atoms. The number of methoxy groups -OCH3 is 1. The molecule has 188 valence electrons. The number of rotatable bonds is 7. The van der Waals surface area contributed by atoms with Crippen LogP contribution in [0.25, 0.3) is 0 Å². The van der Waals surface area contributed by atoms with Crippen LogP contribution in [0.4, 0.5) is 19.3 Å². The van der Waals surface area contributed by atoms with Crippen LogP contribution in [0.2, 0.25) is 0 Å². The molecule has 0 saturated carbocycles. The van der Waals surface area contributed by atoms with Crippen molar-refractivity contribution in [1.82, 2.24) is 20.7 Å². The molecule has 0 aliphatic carbocycles. The van der Waals surface area contributed by atoms with Crippen molar-refractivity contribution >= 4 is 23.5 Å². The average molecular weight is 490 g/mol. The quantitative estimate of drug-likeness (QED) is 0.519. The van der Waals surface area contributed by atoms with E-state index in [1.807, 2.05) is 10.3 Å². The van der Waals surface area contributed by atoms with Gasteiger partial charge in [0.2, 0.25) is 0 Å². The molecule has 1 fully saturated rings. The number of piperazine rings is 1. The molecule has 1 saturated heterocycles. The summed E-state index contributed by atoms with van der Waals surface area (Å²) < 4.78 is 29.6. The summed E-state index contributed by atoms with van der Waals surface area (Å²) in [7, 11) is 1.58. The third-order valence-corrected chi connectivity index (χ3v) is 5.80. The van der Waals surface area contributed by atoms with E-state index in [0.717, 1.165) is 18.7 Å². The molecule has 0 aromatic heterocycles. The molecule has 3 rings (SSSR count). The van der Waals surface area contributed by atoms with Crippen LogP contribution in [0.15, 0.2) is 48.5 Å². The van der Waals surface area contributed by atoms with Crippen molar-refractivity contribution in [3.05, 3.63) is 59.7 Å². The first-order chi connectivity index (χ1) is 16.8. The Balaban J connectivity index is 1.64. The molecule has 1 heterocycles. The largest absolute Gasteiger partial charge is 0.497 e. The highest BCUT2D eigenvalue weighted by Crippen LogP contribution is 2.19. The topological polar surface area (TPSA) is 103 Å². The normalized spacial score (nSPS) is 16.0. The van der Waals surface area contributed by atoms with Crippen molar-refractivity contribution in [2.24, 2.45) is 0 Å². The number of ether oxygens (including phenoxy) is 1. The van der Waals surface area contributed by atoms with Crippen LogP contribution < -0.4 is 20.9 Å². The number of halogens is 2. The predicted octanol–water partition coefficient (Wildman–Crippen LogP) is 2.50. The van der Waals surface area contributed by atoms with Gasteiger partial charge in [0, 0.05) is 30.9 Å². The van der Waals surface area contributed by atoms with E-state index in [0.29, 0.717) is 30.9 Å². The average Bonchev–Trinajstić information content (AvgIpc) is 2.87. The zero-order valence-electron chi connectivity index (χ0n) is 19.6. The summed E-state index contributed by atoms with van der Waals surface area (Å²) in [4.78, 5) is 40.1. The van der Waals surface area contributed by atoms with Gasteiger partial charge in [-0.15, -0.1) is 0 Å². The summed E-state index contributed by atoms with van der Waals surface area (Å²) in [5, 5.41) is 2.94. The Morgan fingerprint density at radius 1 is 1.03 bits per heavy atom. The Labute approximate surface area is 202 Å². The highest BCUT2D eigenvalue weighted by atomic mass is 19.3. The number of urea groups is 1. The fourth-order valence-electron chi connectivity index (χ4n) is 3.83. The lowest BCUT2D eigenvalue weighted by Gasteiger charge is -2.41. The summed E-state index contributed by atoms with van der Waals surface area (Å²) in [6.07, 6.45) is -2.66. The van der Waals surface area contributed by atoms with Crippen LogP contribution in [0.3, 0.4) is 0 Å². The highest BCUT2D eigenvalue weighted by Gasteiger charge is 2.30. The minimum atomic E-state index is -3.22. The first-order valence-corrected chi connectivity index (χ1v) is 11.2.